The van der Waals surface area contributed by atoms with Crippen LogP contribution >= 0.6 is 7.60 Å². The number of hydrogen-bond acceptors (Lipinski definition) is 9. The Kier molecular flexibility index (Phi) is 7.66. The summed E-state index contributed by atoms with van der Waals surface area (Å²) < 4.78 is 35.0. The highest BCUT2D eigenvalue weighted by Gasteiger charge is 2.33. The molecule has 0 saturated carbocycles. The molecule has 1 atom stereocenters. The third-order valence-electron chi connectivity index (χ3n) is 3.66. The molecule has 0 radical (unpaired) electrons. The van der Waals surface area contributed by atoms with Gasteiger partial charge in [-0.15, -0.1) is 0 Å². The van der Waals surface area contributed by atoms with E-state index in [1.54, 1.807) is 12.1 Å². The lowest BCUT2D eigenvalue weighted by Crippen LogP contribution is -2.08. The van der Waals surface area contributed by atoms with Gasteiger partial charge in [0.1, 0.15) is 5.75 Å². The fourth-order valence-corrected chi connectivity index (χ4v) is 3.98. The number of aromatic nitrogens is 2. The van der Waals surface area contributed by atoms with E-state index in [4.69, 9.17) is 18.6 Å². The predicted molar refractivity (Wildman–Crippen MR) is 105 cm³/mol. The Balaban J connectivity index is 2.39. The van der Waals surface area contributed by atoms with Crippen LogP contribution in [-0.4, -0.2) is 29.3 Å². The molecule has 0 aliphatic carbocycles. The van der Waals surface area contributed by atoms with Gasteiger partial charge in [0.05, 0.1) is 19.5 Å². The van der Waals surface area contributed by atoms with Gasteiger partial charge >= 0.3 is 7.60 Å². The van der Waals surface area contributed by atoms with E-state index >= 15 is 0 Å². The average molecular weight is 409 g/mol. The van der Waals surface area contributed by atoms with Gasteiger partial charge in [0.2, 0.25) is 11.7 Å². The molecule has 1 unspecified atom stereocenters. The molecule has 2 aromatic rings. The summed E-state index contributed by atoms with van der Waals surface area (Å²) in [6.45, 7) is 3.76. The third-order valence-corrected chi connectivity index (χ3v) is 5.64. The van der Waals surface area contributed by atoms with Crippen LogP contribution in [0.4, 0.5) is 5.95 Å². The molecule has 0 spiro atoms. The third kappa shape index (κ3) is 5.15. The Morgan fingerprint density at radius 3 is 2.29 bits per heavy atom. The average Bonchev–Trinajstić information content (AvgIpc) is 2.72. The molecule has 0 aliphatic heterocycles. The summed E-state index contributed by atoms with van der Waals surface area (Å²) in [4.78, 5) is 7.94. The van der Waals surface area contributed by atoms with Crippen molar-refractivity contribution in [3.63, 3.8) is 0 Å². The molecule has 0 bridgehead atoms. The number of methoxy groups -OCH3 is 2. The van der Waals surface area contributed by atoms with Gasteiger partial charge in [-0.1, -0.05) is 19.9 Å². The van der Waals surface area contributed by atoms with E-state index in [-0.39, 0.29) is 28.9 Å². The van der Waals surface area contributed by atoms with Crippen LogP contribution in [0.2, 0.25) is 0 Å². The molecule has 0 aliphatic rings. The first kappa shape index (κ1) is 21.5. The lowest BCUT2D eigenvalue weighted by Gasteiger charge is -2.22. The quantitative estimate of drug-likeness (QED) is 0.432. The number of phenols is 1. The predicted octanol–water partition coefficient (Wildman–Crippen LogP) is 4.52. The van der Waals surface area contributed by atoms with E-state index in [1.165, 1.54) is 38.7 Å². The Morgan fingerprint density at radius 2 is 1.79 bits per heavy atom. The van der Waals surface area contributed by atoms with Gasteiger partial charge in [0, 0.05) is 24.5 Å². The molecule has 28 heavy (non-hydrogen) atoms. The summed E-state index contributed by atoms with van der Waals surface area (Å²) in [7, 11) is -1.06. The fourth-order valence-electron chi connectivity index (χ4n) is 2.33. The number of allylic oxidation sites excluding steroid dienone is 2. The van der Waals surface area contributed by atoms with Crippen LogP contribution in [-0.2, 0) is 9.19 Å². The number of benzene rings is 1. The molecule has 2 N–H and O–H groups in total. The second-order valence-electron chi connectivity index (χ2n) is 5.49. The number of nitrogens with zero attached hydrogens (tertiary/aromatic N) is 2. The fraction of sp³-hybridized carbons (Fsp3) is 0.333. The number of anilines is 1. The first-order chi connectivity index (χ1) is 13.5. The van der Waals surface area contributed by atoms with E-state index in [1.807, 2.05) is 13.8 Å². The summed E-state index contributed by atoms with van der Waals surface area (Å²) in [6, 6.07) is 4.43. The van der Waals surface area contributed by atoms with Crippen molar-refractivity contribution in [1.82, 2.24) is 9.97 Å². The highest BCUT2D eigenvalue weighted by molar-refractivity contribution is 7.58. The maximum absolute atomic E-state index is 13.6. The Morgan fingerprint density at radius 1 is 1.18 bits per heavy atom. The maximum Gasteiger partial charge on any atom is 0.427 e. The second-order valence-corrected chi connectivity index (χ2v) is 7.42. The SMILES string of the molecule is CC/C=C(/CC)P(=O)(ONc1ncccn1)Oc1cc(OC)c(O)c(OC)c1. The molecule has 1 aromatic carbocycles. The van der Waals surface area contributed by atoms with Crippen LogP contribution in [0.5, 0.6) is 23.0 Å². The molecular weight excluding hydrogens is 385 g/mol. The summed E-state index contributed by atoms with van der Waals surface area (Å²) in [5, 5.41) is 10.5. The molecule has 10 heteroatoms. The zero-order chi connectivity index (χ0) is 20.6. The zero-order valence-electron chi connectivity index (χ0n) is 16.2. The molecule has 1 heterocycles. The Labute approximate surface area is 163 Å². The van der Waals surface area contributed by atoms with Crippen LogP contribution in [0.3, 0.4) is 0 Å². The van der Waals surface area contributed by atoms with Crippen molar-refractivity contribution in [1.29, 1.82) is 0 Å². The molecule has 0 saturated heterocycles. The van der Waals surface area contributed by atoms with Gasteiger partial charge in [0.15, 0.2) is 11.5 Å². The smallest absolute Gasteiger partial charge is 0.427 e. The first-order valence-corrected chi connectivity index (χ1v) is 10.2. The Bertz CT molecular complexity index is 835. The molecule has 1 aromatic heterocycles. The largest absolute Gasteiger partial charge is 0.502 e. The number of aromatic hydroxyl groups is 1. The number of ether oxygens (including phenoxy) is 2. The zero-order valence-corrected chi connectivity index (χ0v) is 17.1. The van der Waals surface area contributed by atoms with Gasteiger partial charge in [0.25, 0.3) is 0 Å². The van der Waals surface area contributed by atoms with Crippen LogP contribution in [0.25, 0.3) is 0 Å². The highest BCUT2D eigenvalue weighted by atomic mass is 31.2. The van der Waals surface area contributed by atoms with E-state index in [0.717, 1.165) is 0 Å². The second kappa shape index (κ2) is 9.96. The van der Waals surface area contributed by atoms with Crippen molar-refractivity contribution in [2.45, 2.75) is 26.7 Å². The topological polar surface area (TPSA) is 112 Å². The minimum Gasteiger partial charge on any atom is -0.502 e. The van der Waals surface area contributed by atoms with Crippen molar-refractivity contribution < 1.29 is 28.3 Å². The number of rotatable bonds is 10. The van der Waals surface area contributed by atoms with E-state index in [0.29, 0.717) is 18.2 Å². The lowest BCUT2D eigenvalue weighted by molar-refractivity contribution is 0.314. The van der Waals surface area contributed by atoms with Gasteiger partial charge in [-0.05, 0) is 18.9 Å². The molecule has 0 amide bonds. The number of nitrogens with one attached hydrogen (secondary N) is 1. The van der Waals surface area contributed by atoms with Gasteiger partial charge < -0.3 is 19.1 Å². The molecule has 2 rings (SSSR count). The van der Waals surface area contributed by atoms with Crippen LogP contribution in [0, 0.1) is 0 Å². The maximum atomic E-state index is 13.6. The summed E-state index contributed by atoms with van der Waals surface area (Å²) in [5.74, 6) is 0.305. The minimum absolute atomic E-state index is 0.109. The molecular formula is C18H24N3O6P. The van der Waals surface area contributed by atoms with Crippen LogP contribution < -0.4 is 19.5 Å². The van der Waals surface area contributed by atoms with Crippen LogP contribution in [0.15, 0.2) is 42.0 Å². The van der Waals surface area contributed by atoms with Crippen molar-refractivity contribution in [2.75, 3.05) is 19.7 Å². The van der Waals surface area contributed by atoms with E-state index < -0.39 is 7.60 Å². The molecule has 9 nitrogen and oxygen atoms in total. The van der Waals surface area contributed by atoms with Crippen molar-refractivity contribution in [2.24, 2.45) is 0 Å². The van der Waals surface area contributed by atoms with Gasteiger partial charge in [-0.25, -0.2) is 20.0 Å². The summed E-state index contributed by atoms with van der Waals surface area (Å²) in [6.07, 6.45) is 5.90. The normalized spacial score (nSPS) is 13.5. The van der Waals surface area contributed by atoms with Crippen LogP contribution in [0.1, 0.15) is 26.7 Å². The lowest BCUT2D eigenvalue weighted by atomic mass is 10.3. The minimum atomic E-state index is -3.83. The number of hydrogen-bond donors (Lipinski definition) is 2. The van der Waals surface area contributed by atoms with Crippen molar-refractivity contribution in [3.05, 3.63) is 42.0 Å². The number of phenolic OH excluding ortho intramolecular Hbond substituents is 1. The van der Waals surface area contributed by atoms with Gasteiger partial charge in [-0.2, -0.15) is 4.62 Å². The van der Waals surface area contributed by atoms with Crippen molar-refractivity contribution in [3.8, 4) is 23.0 Å². The first-order valence-electron chi connectivity index (χ1n) is 8.63. The van der Waals surface area contributed by atoms with E-state index in [9.17, 15) is 9.67 Å². The molecule has 0 fully saturated rings. The molecule has 152 valence electrons. The Hall–Kier alpha value is -2.77. The van der Waals surface area contributed by atoms with Gasteiger partial charge in [-0.3, -0.25) is 0 Å². The summed E-state index contributed by atoms with van der Waals surface area (Å²) >= 11 is 0. The van der Waals surface area contributed by atoms with Crippen molar-refractivity contribution >= 4 is 13.5 Å². The van der Waals surface area contributed by atoms with E-state index in [2.05, 4.69) is 15.4 Å². The summed E-state index contributed by atoms with van der Waals surface area (Å²) in [5.41, 5.74) is 2.48. The monoisotopic (exact) mass is 409 g/mol. The highest BCUT2D eigenvalue weighted by Crippen LogP contribution is 2.58. The standard InChI is InChI=1S/C18H24N3O6P/c1-5-8-14(6-2)28(23,27-21-18-19-9-7-10-20-18)26-13-11-15(24-3)17(22)16(12-13)25-4/h7-12,22H,5-6H2,1-4H3,(H,19,20,21)/b14-8-.